The summed E-state index contributed by atoms with van der Waals surface area (Å²) in [6.07, 6.45) is 3.67. The van der Waals surface area contributed by atoms with E-state index in [0.717, 1.165) is 32.5 Å². The highest BCUT2D eigenvalue weighted by Crippen LogP contribution is 2.25. The van der Waals surface area contributed by atoms with Crippen LogP contribution in [0.4, 0.5) is 5.82 Å². The molecule has 1 fully saturated rings. The topological polar surface area (TPSA) is 62.7 Å². The maximum atomic E-state index is 10.9. The number of anilines is 1. The molecule has 19 heavy (non-hydrogen) atoms. The minimum absolute atomic E-state index is 0.0990. The van der Waals surface area contributed by atoms with E-state index in [1.54, 1.807) is 0 Å². The van der Waals surface area contributed by atoms with Crippen molar-refractivity contribution in [2.75, 3.05) is 24.6 Å². The fraction of sp³-hybridized carbons (Fsp3) is 0.538. The van der Waals surface area contributed by atoms with E-state index in [-0.39, 0.29) is 11.7 Å². The number of carboxylic acids is 1. The van der Waals surface area contributed by atoms with Gasteiger partial charge in [-0.25, -0.2) is 9.78 Å². The maximum Gasteiger partial charge on any atom is 0.337 e. The van der Waals surface area contributed by atoms with Gasteiger partial charge in [-0.3, -0.25) is 0 Å². The van der Waals surface area contributed by atoms with Crippen molar-refractivity contribution in [3.05, 3.63) is 22.8 Å². The zero-order valence-corrected chi connectivity index (χ0v) is 11.6. The smallest absolute Gasteiger partial charge is 0.337 e. The van der Waals surface area contributed by atoms with Gasteiger partial charge in [-0.2, -0.15) is 0 Å². The predicted octanol–water partition coefficient (Wildman–Crippen LogP) is 2.44. The second kappa shape index (κ2) is 6.21. The summed E-state index contributed by atoms with van der Waals surface area (Å²) in [7, 11) is 0. The van der Waals surface area contributed by atoms with Crippen LogP contribution in [-0.4, -0.2) is 41.9 Å². The Morgan fingerprint density at radius 3 is 3.00 bits per heavy atom. The van der Waals surface area contributed by atoms with E-state index in [2.05, 4.69) is 4.98 Å². The zero-order valence-electron chi connectivity index (χ0n) is 10.8. The van der Waals surface area contributed by atoms with E-state index in [1.165, 1.54) is 12.3 Å². The number of pyridine rings is 1. The Morgan fingerprint density at radius 2 is 2.47 bits per heavy atom. The van der Waals surface area contributed by atoms with Crippen LogP contribution in [0.3, 0.4) is 0 Å². The van der Waals surface area contributed by atoms with Crippen molar-refractivity contribution in [3.8, 4) is 0 Å². The van der Waals surface area contributed by atoms with Crippen molar-refractivity contribution in [1.29, 1.82) is 0 Å². The molecule has 5 nitrogen and oxygen atoms in total. The number of rotatable bonds is 5. The lowest BCUT2D eigenvalue weighted by atomic mass is 10.2. The number of nitrogens with zero attached hydrogens (tertiary/aromatic N) is 2. The highest BCUT2D eigenvalue weighted by molar-refractivity contribution is 6.33. The first-order valence-electron chi connectivity index (χ1n) is 6.37. The lowest BCUT2D eigenvalue weighted by Crippen LogP contribution is -2.32. The number of aromatic nitrogens is 1. The van der Waals surface area contributed by atoms with Crippen LogP contribution in [0, 0.1) is 0 Å². The number of halogens is 1. The molecule has 1 N–H and O–H groups in total. The first-order valence-corrected chi connectivity index (χ1v) is 6.75. The Morgan fingerprint density at radius 1 is 1.68 bits per heavy atom. The van der Waals surface area contributed by atoms with Crippen LogP contribution in [0.25, 0.3) is 0 Å². The molecule has 0 radical (unpaired) electrons. The third-order valence-corrected chi connectivity index (χ3v) is 3.48. The van der Waals surface area contributed by atoms with Gasteiger partial charge in [-0.1, -0.05) is 11.6 Å². The van der Waals surface area contributed by atoms with Crippen LogP contribution >= 0.6 is 11.6 Å². The minimum atomic E-state index is -1.02. The van der Waals surface area contributed by atoms with E-state index in [0.29, 0.717) is 10.8 Å². The van der Waals surface area contributed by atoms with Gasteiger partial charge < -0.3 is 14.7 Å². The van der Waals surface area contributed by atoms with Crippen LogP contribution in [0.1, 0.15) is 30.1 Å². The second-order valence-electron chi connectivity index (χ2n) is 4.51. The normalized spacial score (nSPS) is 18.5. The molecule has 1 aliphatic rings. The van der Waals surface area contributed by atoms with E-state index in [1.807, 2.05) is 11.8 Å². The van der Waals surface area contributed by atoms with Gasteiger partial charge >= 0.3 is 5.97 Å². The van der Waals surface area contributed by atoms with Crippen LogP contribution < -0.4 is 4.90 Å². The molecule has 1 saturated heterocycles. The van der Waals surface area contributed by atoms with Crippen LogP contribution in [0.15, 0.2) is 12.3 Å². The zero-order chi connectivity index (χ0) is 13.8. The van der Waals surface area contributed by atoms with Gasteiger partial charge in [0.25, 0.3) is 0 Å². The number of aromatic carboxylic acids is 1. The number of hydrogen-bond donors (Lipinski definition) is 1. The molecule has 1 aliphatic heterocycles. The summed E-state index contributed by atoms with van der Waals surface area (Å²) < 4.78 is 5.60. The summed E-state index contributed by atoms with van der Waals surface area (Å²) in [5.74, 6) is -0.409. The van der Waals surface area contributed by atoms with Gasteiger partial charge in [0.15, 0.2) is 0 Å². The molecular formula is C13H17ClN2O3. The molecule has 6 heteroatoms. The molecule has 2 rings (SSSR count). The molecule has 0 spiro atoms. The lowest BCUT2D eigenvalue weighted by molar-refractivity contribution is 0.0696. The van der Waals surface area contributed by atoms with Crippen LogP contribution in [0.5, 0.6) is 0 Å². The number of carbonyl (C=O) groups is 1. The van der Waals surface area contributed by atoms with Crippen LogP contribution in [-0.2, 0) is 4.74 Å². The Balaban J connectivity index is 2.15. The molecule has 2 heterocycles. The maximum absolute atomic E-state index is 10.9. The average molecular weight is 285 g/mol. The fourth-order valence-electron chi connectivity index (χ4n) is 2.18. The average Bonchev–Trinajstić information content (AvgIpc) is 2.89. The Bertz CT molecular complexity index is 461. The number of likely N-dealkylation sites (N-methyl/N-ethyl adjacent to an activating group) is 1. The highest BCUT2D eigenvalue weighted by Gasteiger charge is 2.21. The molecule has 1 atom stereocenters. The van der Waals surface area contributed by atoms with Gasteiger partial charge in [0.2, 0.25) is 0 Å². The fourth-order valence-corrected chi connectivity index (χ4v) is 2.47. The molecule has 0 aliphatic carbocycles. The van der Waals surface area contributed by atoms with Crippen molar-refractivity contribution < 1.29 is 14.6 Å². The minimum Gasteiger partial charge on any atom is -0.478 e. The first-order chi connectivity index (χ1) is 9.11. The number of ether oxygens (including phenoxy) is 1. The third-order valence-electron chi connectivity index (χ3n) is 3.20. The Kier molecular flexibility index (Phi) is 4.61. The summed E-state index contributed by atoms with van der Waals surface area (Å²) in [4.78, 5) is 17.0. The third kappa shape index (κ3) is 3.36. The standard InChI is InChI=1S/C13H17ClN2O3/c1-2-16(8-10-4-3-5-19-10)12-11(14)6-9(7-15-12)13(17)18/h6-7,10H,2-5,8H2,1H3,(H,17,18). The lowest BCUT2D eigenvalue weighted by Gasteiger charge is -2.25. The van der Waals surface area contributed by atoms with E-state index in [4.69, 9.17) is 21.4 Å². The van der Waals surface area contributed by atoms with Gasteiger partial charge in [0, 0.05) is 25.9 Å². The highest BCUT2D eigenvalue weighted by atomic mass is 35.5. The molecular weight excluding hydrogens is 268 g/mol. The van der Waals surface area contributed by atoms with Crippen molar-refractivity contribution in [3.63, 3.8) is 0 Å². The molecule has 104 valence electrons. The molecule has 0 amide bonds. The summed E-state index contributed by atoms with van der Waals surface area (Å²) in [6.45, 7) is 4.30. The van der Waals surface area contributed by atoms with E-state index < -0.39 is 5.97 Å². The van der Waals surface area contributed by atoms with Crippen molar-refractivity contribution in [2.24, 2.45) is 0 Å². The Labute approximate surface area is 117 Å². The van der Waals surface area contributed by atoms with Gasteiger partial charge in [0.05, 0.1) is 16.7 Å². The molecule has 1 aromatic heterocycles. The van der Waals surface area contributed by atoms with Crippen molar-refractivity contribution >= 4 is 23.4 Å². The SMILES string of the molecule is CCN(CC1CCCO1)c1ncc(C(=O)O)cc1Cl. The quantitative estimate of drug-likeness (QED) is 0.900. The monoisotopic (exact) mass is 284 g/mol. The first kappa shape index (κ1) is 14.1. The Hall–Kier alpha value is -1.33. The van der Waals surface area contributed by atoms with E-state index >= 15 is 0 Å². The predicted molar refractivity (Wildman–Crippen MR) is 73.1 cm³/mol. The van der Waals surface area contributed by atoms with Crippen molar-refractivity contribution in [1.82, 2.24) is 4.98 Å². The van der Waals surface area contributed by atoms with E-state index in [9.17, 15) is 4.79 Å². The van der Waals surface area contributed by atoms with Crippen LogP contribution in [0.2, 0.25) is 5.02 Å². The molecule has 0 bridgehead atoms. The van der Waals surface area contributed by atoms with Crippen molar-refractivity contribution in [2.45, 2.75) is 25.9 Å². The summed E-state index contributed by atoms with van der Waals surface area (Å²) in [6, 6.07) is 1.43. The van der Waals surface area contributed by atoms with Gasteiger partial charge in [-0.05, 0) is 25.8 Å². The molecule has 1 unspecified atom stereocenters. The summed E-state index contributed by atoms with van der Waals surface area (Å²) in [5, 5.41) is 9.25. The number of carboxylic acid groups (broad SMARTS) is 1. The van der Waals surface area contributed by atoms with Gasteiger partial charge in [-0.15, -0.1) is 0 Å². The van der Waals surface area contributed by atoms with Gasteiger partial charge in [0.1, 0.15) is 5.82 Å². The molecule has 0 aromatic carbocycles. The summed E-state index contributed by atoms with van der Waals surface area (Å²) >= 11 is 6.12. The second-order valence-corrected chi connectivity index (χ2v) is 4.92. The largest absolute Gasteiger partial charge is 0.478 e. The number of hydrogen-bond acceptors (Lipinski definition) is 4. The molecule has 1 aromatic rings. The molecule has 0 saturated carbocycles. The summed E-state index contributed by atoms with van der Waals surface area (Å²) in [5.41, 5.74) is 0.0990.